The lowest BCUT2D eigenvalue weighted by Gasteiger charge is -2.11. The summed E-state index contributed by atoms with van der Waals surface area (Å²) in [4.78, 5) is 2.13. The number of rotatable bonds is 6. The van der Waals surface area contributed by atoms with E-state index in [0.717, 1.165) is 0 Å². The van der Waals surface area contributed by atoms with Crippen molar-refractivity contribution in [3.05, 3.63) is 22.7 Å². The third kappa shape index (κ3) is 4.24. The van der Waals surface area contributed by atoms with Crippen LogP contribution in [0.25, 0.3) is 0 Å². The van der Waals surface area contributed by atoms with Crippen LogP contribution in [-0.4, -0.2) is 47.6 Å². The maximum Gasteiger partial charge on any atom is 0.240 e. The van der Waals surface area contributed by atoms with Crippen molar-refractivity contribution in [2.24, 2.45) is 0 Å². The Bertz CT molecular complexity index is 503. The summed E-state index contributed by atoms with van der Waals surface area (Å²) in [5.74, 6) is 0.599. The van der Waals surface area contributed by atoms with E-state index in [4.69, 9.17) is 4.74 Å². The van der Waals surface area contributed by atoms with Crippen LogP contribution in [0.4, 0.5) is 0 Å². The number of ether oxygens (including phenoxy) is 1. The van der Waals surface area contributed by atoms with E-state index in [1.165, 1.54) is 19.2 Å². The molecule has 102 valence electrons. The molecule has 18 heavy (non-hydrogen) atoms. The standard InChI is InChI=1S/C11H17BrN2O3S/c1-14(2)7-6-13-18(15,16)9-4-5-11(17-3)10(12)8-9/h4-5,8,13H,6-7H2,1-3H3. The van der Waals surface area contributed by atoms with Gasteiger partial charge in [-0.05, 0) is 48.2 Å². The SMILES string of the molecule is COc1ccc(S(=O)(=O)NCCN(C)C)cc1Br. The first-order valence-corrected chi connectivity index (χ1v) is 7.62. The van der Waals surface area contributed by atoms with Crippen molar-refractivity contribution in [2.75, 3.05) is 34.3 Å². The van der Waals surface area contributed by atoms with Gasteiger partial charge in [-0.2, -0.15) is 0 Å². The smallest absolute Gasteiger partial charge is 0.240 e. The molecule has 0 bridgehead atoms. The van der Waals surface area contributed by atoms with Crippen LogP contribution in [0, 0.1) is 0 Å². The summed E-state index contributed by atoms with van der Waals surface area (Å²) < 4.78 is 32.2. The Morgan fingerprint density at radius 3 is 2.56 bits per heavy atom. The second-order valence-corrected chi connectivity index (χ2v) is 6.62. The molecule has 1 aromatic carbocycles. The van der Waals surface area contributed by atoms with Crippen LogP contribution in [0.3, 0.4) is 0 Å². The molecule has 0 saturated carbocycles. The Morgan fingerprint density at radius 2 is 2.06 bits per heavy atom. The molecule has 0 radical (unpaired) electrons. The molecule has 0 saturated heterocycles. The highest BCUT2D eigenvalue weighted by atomic mass is 79.9. The van der Waals surface area contributed by atoms with E-state index in [2.05, 4.69) is 20.7 Å². The first-order chi connectivity index (χ1) is 8.36. The van der Waals surface area contributed by atoms with Crippen molar-refractivity contribution in [3.63, 3.8) is 0 Å². The van der Waals surface area contributed by atoms with Crippen LogP contribution in [0.2, 0.25) is 0 Å². The van der Waals surface area contributed by atoms with Gasteiger partial charge in [0.05, 0.1) is 16.5 Å². The molecule has 0 atom stereocenters. The van der Waals surface area contributed by atoms with Gasteiger partial charge in [0, 0.05) is 13.1 Å². The quantitative estimate of drug-likeness (QED) is 0.850. The topological polar surface area (TPSA) is 58.6 Å². The summed E-state index contributed by atoms with van der Waals surface area (Å²) in [7, 11) is 1.84. The number of methoxy groups -OCH3 is 1. The molecule has 5 nitrogen and oxygen atoms in total. The van der Waals surface area contributed by atoms with Crippen LogP contribution in [0.15, 0.2) is 27.6 Å². The molecule has 0 heterocycles. The molecule has 0 aromatic heterocycles. The molecule has 0 aliphatic rings. The molecule has 0 amide bonds. The van der Waals surface area contributed by atoms with Crippen molar-refractivity contribution in [1.82, 2.24) is 9.62 Å². The summed E-state index contributed by atoms with van der Waals surface area (Å²) in [5, 5.41) is 0. The predicted molar refractivity (Wildman–Crippen MR) is 74.4 cm³/mol. The van der Waals surface area contributed by atoms with Gasteiger partial charge in [-0.15, -0.1) is 0 Å². The Balaban J connectivity index is 2.82. The lowest BCUT2D eigenvalue weighted by atomic mass is 10.3. The average molecular weight is 337 g/mol. The van der Waals surface area contributed by atoms with E-state index in [-0.39, 0.29) is 4.90 Å². The van der Waals surface area contributed by atoms with Gasteiger partial charge >= 0.3 is 0 Å². The number of hydrogen-bond donors (Lipinski definition) is 1. The molecular weight excluding hydrogens is 320 g/mol. The van der Waals surface area contributed by atoms with Gasteiger partial charge in [-0.25, -0.2) is 13.1 Å². The zero-order valence-electron chi connectivity index (χ0n) is 10.6. The second kappa shape index (κ2) is 6.51. The highest BCUT2D eigenvalue weighted by Crippen LogP contribution is 2.27. The minimum absolute atomic E-state index is 0.217. The Labute approximate surface area is 116 Å². The van der Waals surface area contributed by atoms with Gasteiger partial charge in [0.25, 0.3) is 0 Å². The second-order valence-electron chi connectivity index (χ2n) is 4.00. The molecule has 1 N–H and O–H groups in total. The third-order valence-electron chi connectivity index (χ3n) is 2.28. The zero-order valence-corrected chi connectivity index (χ0v) is 13.0. The van der Waals surface area contributed by atoms with Crippen LogP contribution in [-0.2, 0) is 10.0 Å². The maximum absolute atomic E-state index is 12.0. The van der Waals surface area contributed by atoms with Crippen LogP contribution in [0.1, 0.15) is 0 Å². The molecule has 0 aliphatic heterocycles. The van der Waals surface area contributed by atoms with E-state index in [1.54, 1.807) is 6.07 Å². The van der Waals surface area contributed by atoms with Gasteiger partial charge in [0.1, 0.15) is 5.75 Å². The van der Waals surface area contributed by atoms with Crippen molar-refractivity contribution >= 4 is 26.0 Å². The number of sulfonamides is 1. The number of nitrogens with zero attached hydrogens (tertiary/aromatic N) is 1. The molecule has 1 aromatic rings. The first-order valence-electron chi connectivity index (χ1n) is 5.35. The summed E-state index contributed by atoms with van der Waals surface area (Å²) in [5.41, 5.74) is 0. The van der Waals surface area contributed by atoms with E-state index < -0.39 is 10.0 Å². The van der Waals surface area contributed by atoms with E-state index in [0.29, 0.717) is 23.3 Å². The number of benzene rings is 1. The fraction of sp³-hybridized carbons (Fsp3) is 0.455. The molecule has 0 spiro atoms. The number of likely N-dealkylation sites (N-methyl/N-ethyl adjacent to an activating group) is 1. The molecule has 0 aliphatic carbocycles. The largest absolute Gasteiger partial charge is 0.496 e. The maximum atomic E-state index is 12.0. The Hall–Kier alpha value is -0.630. The van der Waals surface area contributed by atoms with Crippen molar-refractivity contribution in [2.45, 2.75) is 4.90 Å². The number of halogens is 1. The monoisotopic (exact) mass is 336 g/mol. The molecule has 0 unspecified atom stereocenters. The predicted octanol–water partition coefficient (Wildman–Crippen LogP) is 1.30. The zero-order chi connectivity index (χ0) is 13.8. The lowest BCUT2D eigenvalue weighted by molar-refractivity contribution is 0.411. The fourth-order valence-electron chi connectivity index (χ4n) is 1.30. The third-order valence-corrected chi connectivity index (χ3v) is 4.36. The molecule has 1 rings (SSSR count). The minimum atomic E-state index is -3.47. The van der Waals surface area contributed by atoms with Gasteiger partial charge in [-0.1, -0.05) is 0 Å². The normalized spacial score (nSPS) is 11.8. The Morgan fingerprint density at radius 1 is 1.39 bits per heavy atom. The Kier molecular flexibility index (Phi) is 5.58. The lowest BCUT2D eigenvalue weighted by Crippen LogP contribution is -2.31. The van der Waals surface area contributed by atoms with E-state index in [1.807, 2.05) is 19.0 Å². The molecular formula is C11H17BrN2O3S. The van der Waals surface area contributed by atoms with Crippen LogP contribution >= 0.6 is 15.9 Å². The van der Waals surface area contributed by atoms with Crippen molar-refractivity contribution in [1.29, 1.82) is 0 Å². The van der Waals surface area contributed by atoms with Gasteiger partial charge in [0.15, 0.2) is 0 Å². The van der Waals surface area contributed by atoms with Gasteiger partial charge < -0.3 is 9.64 Å². The van der Waals surface area contributed by atoms with Crippen molar-refractivity contribution < 1.29 is 13.2 Å². The van der Waals surface area contributed by atoms with Gasteiger partial charge in [0.2, 0.25) is 10.0 Å². The average Bonchev–Trinajstić information content (AvgIpc) is 2.28. The highest BCUT2D eigenvalue weighted by molar-refractivity contribution is 9.10. The summed E-state index contributed by atoms with van der Waals surface area (Å²) in [6.45, 7) is 1.02. The van der Waals surface area contributed by atoms with Crippen molar-refractivity contribution in [3.8, 4) is 5.75 Å². The van der Waals surface area contributed by atoms with Gasteiger partial charge in [-0.3, -0.25) is 0 Å². The molecule has 0 fully saturated rings. The van der Waals surface area contributed by atoms with E-state index >= 15 is 0 Å². The fourth-order valence-corrected chi connectivity index (χ4v) is 3.04. The number of nitrogens with one attached hydrogen (secondary N) is 1. The summed E-state index contributed by atoms with van der Waals surface area (Å²) >= 11 is 3.27. The first kappa shape index (κ1) is 15.4. The minimum Gasteiger partial charge on any atom is -0.496 e. The summed E-state index contributed by atoms with van der Waals surface area (Å²) in [6.07, 6.45) is 0. The van der Waals surface area contributed by atoms with Crippen LogP contribution < -0.4 is 9.46 Å². The molecule has 7 heteroatoms. The van der Waals surface area contributed by atoms with E-state index in [9.17, 15) is 8.42 Å². The number of hydrogen-bond acceptors (Lipinski definition) is 4. The summed E-state index contributed by atoms with van der Waals surface area (Å²) in [6, 6.07) is 4.66. The highest BCUT2D eigenvalue weighted by Gasteiger charge is 2.15. The van der Waals surface area contributed by atoms with Crippen LogP contribution in [0.5, 0.6) is 5.75 Å².